The molecule has 3 rings (SSSR count). The summed E-state index contributed by atoms with van der Waals surface area (Å²) in [5, 5.41) is 10.3. The van der Waals surface area contributed by atoms with Gasteiger partial charge >= 0.3 is 0 Å². The Morgan fingerprint density at radius 1 is 1.24 bits per heavy atom. The van der Waals surface area contributed by atoms with Gasteiger partial charge in [-0.1, -0.05) is 24.6 Å². The summed E-state index contributed by atoms with van der Waals surface area (Å²) in [5.41, 5.74) is 0.912. The molecule has 21 heavy (non-hydrogen) atoms. The highest BCUT2D eigenvalue weighted by Crippen LogP contribution is 2.29. The Kier molecular flexibility index (Phi) is 4.22. The van der Waals surface area contributed by atoms with E-state index in [0.29, 0.717) is 11.0 Å². The van der Waals surface area contributed by atoms with Crippen LogP contribution in [0.5, 0.6) is 0 Å². The molecule has 0 saturated heterocycles. The van der Waals surface area contributed by atoms with Crippen LogP contribution in [0.3, 0.4) is 0 Å². The fourth-order valence-corrected chi connectivity index (χ4v) is 2.92. The van der Waals surface area contributed by atoms with Crippen molar-refractivity contribution in [2.75, 3.05) is 17.2 Å². The van der Waals surface area contributed by atoms with Crippen LogP contribution in [0, 0.1) is 0 Å². The number of halogens is 1. The molecular formula is C15H15ClN4S. The van der Waals surface area contributed by atoms with Gasteiger partial charge in [-0.15, -0.1) is 11.3 Å². The Hall–Kier alpha value is -1.85. The van der Waals surface area contributed by atoms with E-state index in [1.807, 2.05) is 35.7 Å². The third kappa shape index (κ3) is 3.25. The average molecular weight is 319 g/mol. The van der Waals surface area contributed by atoms with E-state index in [0.717, 1.165) is 34.7 Å². The van der Waals surface area contributed by atoms with Gasteiger partial charge < -0.3 is 10.6 Å². The van der Waals surface area contributed by atoms with Crippen LogP contribution in [0.4, 0.5) is 17.5 Å². The molecule has 2 aromatic heterocycles. The first-order valence-electron chi connectivity index (χ1n) is 6.78. The van der Waals surface area contributed by atoms with Crippen molar-refractivity contribution in [3.8, 4) is 0 Å². The maximum Gasteiger partial charge on any atom is 0.226 e. The van der Waals surface area contributed by atoms with Crippen molar-refractivity contribution in [3.05, 3.63) is 40.7 Å². The van der Waals surface area contributed by atoms with Crippen LogP contribution in [0.15, 0.2) is 35.7 Å². The topological polar surface area (TPSA) is 49.8 Å². The van der Waals surface area contributed by atoms with Crippen LogP contribution in [0.1, 0.15) is 13.3 Å². The van der Waals surface area contributed by atoms with E-state index in [-0.39, 0.29) is 0 Å². The molecule has 2 heterocycles. The molecule has 0 aliphatic heterocycles. The van der Waals surface area contributed by atoms with E-state index in [9.17, 15) is 0 Å². The van der Waals surface area contributed by atoms with Gasteiger partial charge in [-0.2, -0.15) is 4.98 Å². The van der Waals surface area contributed by atoms with Crippen LogP contribution < -0.4 is 10.6 Å². The quantitative estimate of drug-likeness (QED) is 0.701. The van der Waals surface area contributed by atoms with Crippen molar-refractivity contribution in [2.24, 2.45) is 0 Å². The number of fused-ring (bicyclic) bond motifs is 1. The maximum atomic E-state index is 6.02. The van der Waals surface area contributed by atoms with E-state index < -0.39 is 0 Å². The molecule has 0 radical (unpaired) electrons. The Morgan fingerprint density at radius 3 is 2.95 bits per heavy atom. The predicted octanol–water partition coefficient (Wildman–Crippen LogP) is 4.91. The third-order valence-corrected chi connectivity index (χ3v) is 3.99. The molecule has 4 nitrogen and oxygen atoms in total. The van der Waals surface area contributed by atoms with Crippen molar-refractivity contribution in [1.29, 1.82) is 0 Å². The normalized spacial score (nSPS) is 10.8. The first kappa shape index (κ1) is 14.1. The van der Waals surface area contributed by atoms with Crippen LogP contribution in [-0.4, -0.2) is 16.5 Å². The first-order chi connectivity index (χ1) is 10.3. The number of anilines is 3. The van der Waals surface area contributed by atoms with Crippen molar-refractivity contribution < 1.29 is 0 Å². The smallest absolute Gasteiger partial charge is 0.226 e. The van der Waals surface area contributed by atoms with Gasteiger partial charge in [0, 0.05) is 17.3 Å². The van der Waals surface area contributed by atoms with Crippen LogP contribution in [0.25, 0.3) is 10.2 Å². The van der Waals surface area contributed by atoms with Crippen molar-refractivity contribution in [2.45, 2.75) is 13.3 Å². The molecule has 0 spiro atoms. The van der Waals surface area contributed by atoms with E-state index >= 15 is 0 Å². The summed E-state index contributed by atoms with van der Waals surface area (Å²) in [6, 6.07) is 9.62. The lowest BCUT2D eigenvalue weighted by molar-refractivity contribution is 0.958. The number of thiophene rings is 1. The Morgan fingerprint density at radius 2 is 2.14 bits per heavy atom. The average Bonchev–Trinajstić information content (AvgIpc) is 2.94. The zero-order chi connectivity index (χ0) is 14.7. The summed E-state index contributed by atoms with van der Waals surface area (Å²) in [6.45, 7) is 2.97. The lowest BCUT2D eigenvalue weighted by Crippen LogP contribution is -2.06. The summed E-state index contributed by atoms with van der Waals surface area (Å²) in [6.07, 6.45) is 1.03. The highest BCUT2D eigenvalue weighted by atomic mass is 35.5. The number of aromatic nitrogens is 2. The van der Waals surface area contributed by atoms with Gasteiger partial charge in [-0.25, -0.2) is 4.98 Å². The zero-order valence-corrected chi connectivity index (χ0v) is 13.1. The SMILES string of the molecule is CCCNc1nc(Nc2cccc(Cl)c2)c2ccsc2n1. The fraction of sp³-hybridized carbons (Fsp3) is 0.200. The first-order valence-corrected chi connectivity index (χ1v) is 8.03. The molecule has 0 bridgehead atoms. The largest absolute Gasteiger partial charge is 0.354 e. The molecule has 0 amide bonds. The molecule has 2 N–H and O–H groups in total. The summed E-state index contributed by atoms with van der Waals surface area (Å²) < 4.78 is 0. The van der Waals surface area contributed by atoms with Crippen molar-refractivity contribution in [1.82, 2.24) is 9.97 Å². The van der Waals surface area contributed by atoms with Crippen molar-refractivity contribution >= 4 is 50.6 Å². The number of nitrogens with zero attached hydrogens (tertiary/aromatic N) is 2. The molecule has 0 aliphatic carbocycles. The zero-order valence-electron chi connectivity index (χ0n) is 11.6. The molecule has 0 atom stereocenters. The van der Waals surface area contributed by atoms with Gasteiger partial charge in [0.2, 0.25) is 5.95 Å². The van der Waals surface area contributed by atoms with Gasteiger partial charge in [-0.05, 0) is 36.1 Å². The molecule has 108 valence electrons. The molecule has 0 saturated carbocycles. The van der Waals surface area contributed by atoms with Gasteiger partial charge in [0.05, 0.1) is 5.39 Å². The van der Waals surface area contributed by atoms with E-state index in [4.69, 9.17) is 11.6 Å². The highest BCUT2D eigenvalue weighted by molar-refractivity contribution is 7.16. The van der Waals surface area contributed by atoms with Gasteiger partial charge in [-0.3, -0.25) is 0 Å². The summed E-state index contributed by atoms with van der Waals surface area (Å²) in [5.74, 6) is 1.44. The Bertz CT molecular complexity index is 756. The molecule has 0 fully saturated rings. The molecule has 0 aliphatic rings. The van der Waals surface area contributed by atoms with Crippen LogP contribution in [-0.2, 0) is 0 Å². The Labute approximate surface area is 132 Å². The summed E-state index contributed by atoms with van der Waals surface area (Å²) >= 11 is 7.63. The number of hydrogen-bond acceptors (Lipinski definition) is 5. The van der Waals surface area contributed by atoms with E-state index in [2.05, 4.69) is 27.5 Å². The highest BCUT2D eigenvalue weighted by Gasteiger charge is 2.09. The predicted molar refractivity (Wildman–Crippen MR) is 90.9 cm³/mol. The molecular weight excluding hydrogens is 304 g/mol. The van der Waals surface area contributed by atoms with Gasteiger partial charge in [0.1, 0.15) is 10.6 Å². The van der Waals surface area contributed by atoms with Crippen molar-refractivity contribution in [3.63, 3.8) is 0 Å². The lowest BCUT2D eigenvalue weighted by atomic mass is 10.3. The van der Waals surface area contributed by atoms with E-state index in [1.54, 1.807) is 11.3 Å². The summed E-state index contributed by atoms with van der Waals surface area (Å²) in [7, 11) is 0. The van der Waals surface area contributed by atoms with E-state index in [1.165, 1.54) is 0 Å². The maximum absolute atomic E-state index is 6.02. The second kappa shape index (κ2) is 6.28. The van der Waals surface area contributed by atoms with Crippen LogP contribution >= 0.6 is 22.9 Å². The molecule has 1 aromatic carbocycles. The fourth-order valence-electron chi connectivity index (χ4n) is 1.97. The van der Waals surface area contributed by atoms with Gasteiger partial charge in [0.25, 0.3) is 0 Å². The third-order valence-electron chi connectivity index (χ3n) is 2.95. The lowest BCUT2D eigenvalue weighted by Gasteiger charge is -2.10. The molecule has 0 unspecified atom stereocenters. The number of rotatable bonds is 5. The molecule has 3 aromatic rings. The summed E-state index contributed by atoms with van der Waals surface area (Å²) in [4.78, 5) is 10.1. The number of hydrogen-bond donors (Lipinski definition) is 2. The monoisotopic (exact) mass is 318 g/mol. The minimum absolute atomic E-state index is 0.649. The van der Waals surface area contributed by atoms with Gasteiger partial charge in [0.15, 0.2) is 0 Å². The minimum atomic E-state index is 0.649. The molecule has 6 heteroatoms. The number of nitrogens with one attached hydrogen (secondary N) is 2. The second-order valence-electron chi connectivity index (χ2n) is 4.60. The standard InChI is InChI=1S/C15H15ClN4S/c1-2-7-17-15-19-13(12-6-8-21-14(12)20-15)18-11-5-3-4-10(16)9-11/h3-6,8-9H,2,7H2,1H3,(H2,17,18,19,20). The number of benzene rings is 1. The minimum Gasteiger partial charge on any atom is -0.354 e. The van der Waals surface area contributed by atoms with Crippen LogP contribution in [0.2, 0.25) is 5.02 Å². The second-order valence-corrected chi connectivity index (χ2v) is 5.93. The Balaban J connectivity index is 1.97.